The molecule has 1 aromatic carbocycles. The van der Waals surface area contributed by atoms with Crippen LogP contribution in [0.3, 0.4) is 0 Å². The lowest BCUT2D eigenvalue weighted by Crippen LogP contribution is -2.38. The topological polar surface area (TPSA) is 48.9 Å². The number of nitrogens with zero attached hydrogens (tertiary/aromatic N) is 2. The van der Waals surface area contributed by atoms with Gasteiger partial charge in [0, 0.05) is 38.9 Å². The molecule has 2 heterocycles. The molecule has 0 saturated carbocycles. The van der Waals surface area contributed by atoms with E-state index in [1.165, 1.54) is 16.8 Å². The molecule has 7 heteroatoms. The number of morpholine rings is 1. The number of thiophene rings is 1. The number of rotatable bonds is 5. The molecule has 136 valence electrons. The van der Waals surface area contributed by atoms with Crippen molar-refractivity contribution >= 4 is 47.0 Å². The van der Waals surface area contributed by atoms with Gasteiger partial charge in [0.2, 0.25) is 0 Å². The molecule has 1 fully saturated rings. The van der Waals surface area contributed by atoms with Crippen LogP contribution in [-0.2, 0) is 17.8 Å². The van der Waals surface area contributed by atoms with E-state index in [9.17, 15) is 0 Å². The van der Waals surface area contributed by atoms with Gasteiger partial charge in [-0.15, -0.1) is 24.0 Å². The van der Waals surface area contributed by atoms with E-state index in [1.807, 2.05) is 0 Å². The summed E-state index contributed by atoms with van der Waals surface area (Å²) >= 11 is 1.71. The molecule has 1 saturated heterocycles. The van der Waals surface area contributed by atoms with Crippen molar-refractivity contribution in [2.24, 2.45) is 4.99 Å². The van der Waals surface area contributed by atoms with Crippen LogP contribution in [0.5, 0.6) is 0 Å². The maximum Gasteiger partial charge on any atom is 0.191 e. The first kappa shape index (κ1) is 20.0. The van der Waals surface area contributed by atoms with Crippen LogP contribution in [0.2, 0.25) is 0 Å². The third-order valence-electron chi connectivity index (χ3n) is 4.05. The van der Waals surface area contributed by atoms with E-state index in [1.54, 1.807) is 18.4 Å². The van der Waals surface area contributed by atoms with Crippen molar-refractivity contribution in [3.05, 3.63) is 52.2 Å². The molecular weight excluding hydrogens is 447 g/mol. The van der Waals surface area contributed by atoms with Crippen LogP contribution in [0.15, 0.2) is 46.1 Å². The molecule has 0 unspecified atom stereocenters. The number of guanidine groups is 1. The lowest BCUT2D eigenvalue weighted by molar-refractivity contribution is 0.122. The Kier molecular flexibility index (Phi) is 8.50. The SMILES string of the molecule is CN=C(NCc1ccsc1)NCc1ccccc1N1CCOCC1.I. The number of hydrogen-bond donors (Lipinski definition) is 2. The summed E-state index contributed by atoms with van der Waals surface area (Å²) in [6.07, 6.45) is 0. The average Bonchev–Trinajstić information content (AvgIpc) is 3.16. The van der Waals surface area contributed by atoms with E-state index in [0.29, 0.717) is 0 Å². The number of hydrogen-bond acceptors (Lipinski definition) is 4. The Morgan fingerprint density at radius 2 is 1.92 bits per heavy atom. The number of ether oxygens (including phenoxy) is 1. The predicted molar refractivity (Wildman–Crippen MR) is 116 cm³/mol. The smallest absolute Gasteiger partial charge is 0.191 e. The van der Waals surface area contributed by atoms with Crippen molar-refractivity contribution < 1.29 is 4.74 Å². The Bertz CT molecular complexity index is 657. The van der Waals surface area contributed by atoms with Crippen molar-refractivity contribution in [3.8, 4) is 0 Å². The average molecular weight is 472 g/mol. The van der Waals surface area contributed by atoms with E-state index >= 15 is 0 Å². The molecule has 25 heavy (non-hydrogen) atoms. The van der Waals surface area contributed by atoms with E-state index in [0.717, 1.165) is 45.4 Å². The van der Waals surface area contributed by atoms with Crippen LogP contribution in [0.4, 0.5) is 5.69 Å². The number of benzene rings is 1. The molecule has 0 spiro atoms. The Balaban J connectivity index is 0.00000225. The van der Waals surface area contributed by atoms with Gasteiger partial charge in [-0.1, -0.05) is 18.2 Å². The third kappa shape index (κ3) is 5.86. The van der Waals surface area contributed by atoms with E-state index < -0.39 is 0 Å². The molecular formula is C18H25IN4OS. The molecule has 0 aliphatic carbocycles. The first-order valence-electron chi connectivity index (χ1n) is 8.23. The maximum atomic E-state index is 5.46. The van der Waals surface area contributed by atoms with Crippen molar-refractivity contribution in [3.63, 3.8) is 0 Å². The highest BCUT2D eigenvalue weighted by atomic mass is 127. The normalized spacial score (nSPS) is 14.8. The van der Waals surface area contributed by atoms with Gasteiger partial charge in [-0.3, -0.25) is 4.99 Å². The first-order chi connectivity index (χ1) is 11.9. The predicted octanol–water partition coefficient (Wildman–Crippen LogP) is 3.07. The van der Waals surface area contributed by atoms with Gasteiger partial charge in [-0.2, -0.15) is 11.3 Å². The van der Waals surface area contributed by atoms with E-state index in [2.05, 4.69) is 61.6 Å². The van der Waals surface area contributed by atoms with Gasteiger partial charge in [-0.05, 0) is 34.0 Å². The Hall–Kier alpha value is -1.32. The monoisotopic (exact) mass is 472 g/mol. The van der Waals surface area contributed by atoms with E-state index in [-0.39, 0.29) is 24.0 Å². The van der Waals surface area contributed by atoms with Gasteiger partial charge in [0.05, 0.1) is 13.2 Å². The summed E-state index contributed by atoms with van der Waals surface area (Å²) < 4.78 is 5.46. The highest BCUT2D eigenvalue weighted by Crippen LogP contribution is 2.21. The van der Waals surface area contributed by atoms with Crippen LogP contribution in [0.1, 0.15) is 11.1 Å². The molecule has 3 rings (SSSR count). The minimum absolute atomic E-state index is 0. The van der Waals surface area contributed by atoms with Gasteiger partial charge >= 0.3 is 0 Å². The molecule has 0 bridgehead atoms. The number of aliphatic imine (C=N–C) groups is 1. The highest BCUT2D eigenvalue weighted by Gasteiger charge is 2.14. The molecule has 0 atom stereocenters. The fourth-order valence-corrected chi connectivity index (χ4v) is 3.42. The molecule has 0 amide bonds. The number of para-hydroxylation sites is 1. The molecule has 1 aliphatic heterocycles. The standard InChI is InChI=1S/C18H24N4OS.HI/c1-19-18(20-12-15-6-11-24-14-15)21-13-16-4-2-3-5-17(16)22-7-9-23-10-8-22;/h2-6,11,14H,7-10,12-13H2,1H3,(H2,19,20,21);1H. The molecule has 5 nitrogen and oxygen atoms in total. The quantitative estimate of drug-likeness (QED) is 0.399. The summed E-state index contributed by atoms with van der Waals surface area (Å²) in [6, 6.07) is 10.7. The van der Waals surface area contributed by atoms with E-state index in [4.69, 9.17) is 4.74 Å². The second kappa shape index (κ2) is 10.6. The first-order valence-corrected chi connectivity index (χ1v) is 9.17. The van der Waals surface area contributed by atoms with Gasteiger partial charge in [0.25, 0.3) is 0 Å². The Morgan fingerprint density at radius 3 is 2.64 bits per heavy atom. The zero-order valence-electron chi connectivity index (χ0n) is 14.4. The van der Waals surface area contributed by atoms with Gasteiger partial charge in [-0.25, -0.2) is 0 Å². The zero-order valence-corrected chi connectivity index (χ0v) is 17.6. The number of halogens is 1. The Morgan fingerprint density at radius 1 is 1.16 bits per heavy atom. The minimum atomic E-state index is 0. The molecule has 2 N–H and O–H groups in total. The van der Waals surface area contributed by atoms with Crippen LogP contribution in [-0.4, -0.2) is 39.3 Å². The van der Waals surface area contributed by atoms with Crippen molar-refractivity contribution in [2.75, 3.05) is 38.3 Å². The number of anilines is 1. The fourth-order valence-electron chi connectivity index (χ4n) is 2.75. The largest absolute Gasteiger partial charge is 0.378 e. The van der Waals surface area contributed by atoms with Crippen molar-refractivity contribution in [2.45, 2.75) is 13.1 Å². The van der Waals surface area contributed by atoms with Crippen molar-refractivity contribution in [1.82, 2.24) is 10.6 Å². The summed E-state index contributed by atoms with van der Waals surface area (Å²) in [5, 5.41) is 11.0. The van der Waals surface area contributed by atoms with Crippen LogP contribution < -0.4 is 15.5 Å². The maximum absolute atomic E-state index is 5.46. The second-order valence-electron chi connectivity index (χ2n) is 5.64. The summed E-state index contributed by atoms with van der Waals surface area (Å²) in [6.45, 7) is 5.02. The number of nitrogens with one attached hydrogen (secondary N) is 2. The summed E-state index contributed by atoms with van der Waals surface area (Å²) in [7, 11) is 1.80. The fraction of sp³-hybridized carbons (Fsp3) is 0.389. The van der Waals surface area contributed by atoms with Crippen molar-refractivity contribution in [1.29, 1.82) is 0 Å². The van der Waals surface area contributed by atoms with Gasteiger partial charge in [0.15, 0.2) is 5.96 Å². The van der Waals surface area contributed by atoms with Gasteiger partial charge in [0.1, 0.15) is 0 Å². The summed E-state index contributed by atoms with van der Waals surface area (Å²) in [4.78, 5) is 6.70. The molecule has 1 aromatic heterocycles. The summed E-state index contributed by atoms with van der Waals surface area (Å²) in [5.41, 5.74) is 3.83. The van der Waals surface area contributed by atoms with Gasteiger partial charge < -0.3 is 20.3 Å². The summed E-state index contributed by atoms with van der Waals surface area (Å²) in [5.74, 6) is 0.818. The van der Waals surface area contributed by atoms with Crippen LogP contribution in [0, 0.1) is 0 Å². The lowest BCUT2D eigenvalue weighted by atomic mass is 10.1. The van der Waals surface area contributed by atoms with Crippen LogP contribution in [0.25, 0.3) is 0 Å². The highest BCUT2D eigenvalue weighted by molar-refractivity contribution is 14.0. The molecule has 2 aromatic rings. The molecule has 0 radical (unpaired) electrons. The second-order valence-corrected chi connectivity index (χ2v) is 6.42. The zero-order chi connectivity index (χ0) is 16.6. The molecule has 1 aliphatic rings. The minimum Gasteiger partial charge on any atom is -0.378 e. The Labute approximate surface area is 170 Å². The third-order valence-corrected chi connectivity index (χ3v) is 4.79. The lowest BCUT2D eigenvalue weighted by Gasteiger charge is -2.30. The van der Waals surface area contributed by atoms with Crippen LogP contribution >= 0.6 is 35.3 Å².